The molecule has 1 aliphatic heterocycles. The first-order valence-corrected chi connectivity index (χ1v) is 11.3. The highest BCUT2D eigenvalue weighted by Crippen LogP contribution is 2.30. The number of hydrogen-bond acceptors (Lipinski definition) is 5. The van der Waals surface area contributed by atoms with Gasteiger partial charge in [0.15, 0.2) is 0 Å². The molecule has 0 spiro atoms. The summed E-state index contributed by atoms with van der Waals surface area (Å²) in [5.74, 6) is -0.894. The van der Waals surface area contributed by atoms with Gasteiger partial charge in [0.25, 0.3) is 5.91 Å². The molecule has 0 bridgehead atoms. The molecule has 30 heavy (non-hydrogen) atoms. The van der Waals surface area contributed by atoms with Crippen LogP contribution in [0.4, 0.5) is 10.1 Å². The van der Waals surface area contributed by atoms with Gasteiger partial charge in [-0.1, -0.05) is 6.07 Å². The third-order valence-corrected chi connectivity index (χ3v) is 6.50. The van der Waals surface area contributed by atoms with Crippen LogP contribution in [0.2, 0.25) is 0 Å². The van der Waals surface area contributed by atoms with E-state index < -0.39 is 27.8 Å². The zero-order chi connectivity index (χ0) is 22.1. The van der Waals surface area contributed by atoms with Crippen LogP contribution in [0.3, 0.4) is 0 Å². The fourth-order valence-corrected chi connectivity index (χ4v) is 4.59. The normalized spacial score (nSPS) is 16.4. The predicted octanol–water partition coefficient (Wildman–Crippen LogP) is 2.23. The van der Waals surface area contributed by atoms with Gasteiger partial charge in [-0.2, -0.15) is 0 Å². The molecule has 1 amide bonds. The quantitative estimate of drug-likeness (QED) is 0.667. The maximum Gasteiger partial charge on any atom is 0.252 e. The Hall–Kier alpha value is -2.49. The summed E-state index contributed by atoms with van der Waals surface area (Å²) in [4.78, 5) is 14.8. The zero-order valence-corrected chi connectivity index (χ0v) is 17.7. The van der Waals surface area contributed by atoms with Gasteiger partial charge in [0.05, 0.1) is 17.0 Å². The van der Waals surface area contributed by atoms with Gasteiger partial charge < -0.3 is 15.3 Å². The molecule has 0 aliphatic carbocycles. The summed E-state index contributed by atoms with van der Waals surface area (Å²) in [5.41, 5.74) is 1.85. The standard InChI is InChI=1S/C21H26FN3O4S/c1-13-17(4-3-5-20(13)30(23,28)29)21(27)24-14(2)18-12-15(22)6-7-19(18)25-10-8-16(26)9-11-25/h3-7,12,14,16,26H,8-11H2,1-2H3,(H,24,27)(H2,23,28,29). The summed E-state index contributed by atoms with van der Waals surface area (Å²) in [7, 11) is -3.96. The maximum atomic E-state index is 14.0. The number of nitrogens with two attached hydrogens (primary N) is 1. The third-order valence-electron chi connectivity index (χ3n) is 5.44. The summed E-state index contributed by atoms with van der Waals surface area (Å²) in [6.07, 6.45) is 0.908. The Kier molecular flexibility index (Phi) is 6.44. The number of benzene rings is 2. The van der Waals surface area contributed by atoms with Crippen molar-refractivity contribution in [2.24, 2.45) is 5.14 Å². The summed E-state index contributed by atoms with van der Waals surface area (Å²) in [6, 6.07) is 8.23. The number of primary sulfonamides is 1. The van der Waals surface area contributed by atoms with Crippen molar-refractivity contribution in [3.05, 3.63) is 58.9 Å². The number of rotatable bonds is 5. The minimum absolute atomic E-state index is 0.110. The molecule has 7 nitrogen and oxygen atoms in total. The minimum atomic E-state index is -3.96. The summed E-state index contributed by atoms with van der Waals surface area (Å²) in [5, 5.41) is 17.8. The van der Waals surface area contributed by atoms with Crippen molar-refractivity contribution in [1.29, 1.82) is 0 Å². The predicted molar refractivity (Wildman–Crippen MR) is 112 cm³/mol. The van der Waals surface area contributed by atoms with Crippen LogP contribution < -0.4 is 15.4 Å². The van der Waals surface area contributed by atoms with E-state index in [9.17, 15) is 22.7 Å². The number of carbonyl (C=O) groups excluding carboxylic acids is 1. The SMILES string of the molecule is Cc1c(C(=O)NC(C)c2cc(F)ccc2N2CCC(O)CC2)cccc1S(N)(=O)=O. The van der Waals surface area contributed by atoms with Crippen molar-refractivity contribution in [3.63, 3.8) is 0 Å². The number of amides is 1. The summed E-state index contributed by atoms with van der Waals surface area (Å²) >= 11 is 0. The Balaban J connectivity index is 1.87. The van der Waals surface area contributed by atoms with Gasteiger partial charge in [0.1, 0.15) is 5.82 Å². The van der Waals surface area contributed by atoms with E-state index in [0.29, 0.717) is 31.5 Å². The van der Waals surface area contributed by atoms with Crippen molar-refractivity contribution < 1.29 is 22.7 Å². The monoisotopic (exact) mass is 435 g/mol. The molecule has 1 aliphatic rings. The Labute approximate surface area is 175 Å². The van der Waals surface area contributed by atoms with E-state index >= 15 is 0 Å². The van der Waals surface area contributed by atoms with E-state index in [2.05, 4.69) is 10.2 Å². The smallest absolute Gasteiger partial charge is 0.252 e. The van der Waals surface area contributed by atoms with Crippen molar-refractivity contribution in [2.45, 2.75) is 43.7 Å². The first-order valence-electron chi connectivity index (χ1n) is 9.73. The molecule has 1 unspecified atom stereocenters. The second-order valence-electron chi connectivity index (χ2n) is 7.59. The third kappa shape index (κ3) is 4.80. The number of nitrogens with one attached hydrogen (secondary N) is 1. The number of anilines is 1. The highest BCUT2D eigenvalue weighted by molar-refractivity contribution is 7.89. The van der Waals surface area contributed by atoms with Crippen molar-refractivity contribution in [1.82, 2.24) is 5.32 Å². The second kappa shape index (κ2) is 8.71. The molecule has 1 fully saturated rings. The van der Waals surface area contributed by atoms with Gasteiger partial charge in [0.2, 0.25) is 10.0 Å². The van der Waals surface area contributed by atoms with Gasteiger partial charge in [-0.25, -0.2) is 17.9 Å². The Bertz CT molecular complexity index is 1050. The number of sulfonamides is 1. The molecule has 9 heteroatoms. The molecule has 4 N–H and O–H groups in total. The fraction of sp³-hybridized carbons (Fsp3) is 0.381. The fourth-order valence-electron chi connectivity index (χ4n) is 3.79. The molecule has 0 radical (unpaired) electrons. The number of aliphatic hydroxyl groups excluding tert-OH is 1. The molecular weight excluding hydrogens is 409 g/mol. The molecule has 1 saturated heterocycles. The van der Waals surface area contributed by atoms with Crippen LogP contribution in [0.5, 0.6) is 0 Å². The number of piperidine rings is 1. The number of hydrogen-bond donors (Lipinski definition) is 3. The van der Waals surface area contributed by atoms with Gasteiger partial charge in [-0.15, -0.1) is 0 Å². The van der Waals surface area contributed by atoms with Gasteiger partial charge in [-0.3, -0.25) is 4.79 Å². The van der Waals surface area contributed by atoms with Crippen LogP contribution in [-0.2, 0) is 10.0 Å². The maximum absolute atomic E-state index is 14.0. The molecule has 3 rings (SSSR count). The first kappa shape index (κ1) is 22.2. The van der Waals surface area contributed by atoms with Gasteiger partial charge in [-0.05, 0) is 62.6 Å². The Morgan fingerprint density at radius 2 is 1.93 bits per heavy atom. The largest absolute Gasteiger partial charge is 0.393 e. The van der Waals surface area contributed by atoms with Crippen molar-refractivity contribution in [3.8, 4) is 0 Å². The number of nitrogens with zero attached hydrogens (tertiary/aromatic N) is 1. The zero-order valence-electron chi connectivity index (χ0n) is 16.9. The van der Waals surface area contributed by atoms with E-state index in [0.717, 1.165) is 5.69 Å². The molecular formula is C21H26FN3O4S. The van der Waals surface area contributed by atoms with E-state index in [1.165, 1.54) is 37.3 Å². The lowest BCUT2D eigenvalue weighted by Crippen LogP contribution is -2.37. The Morgan fingerprint density at radius 1 is 1.27 bits per heavy atom. The Morgan fingerprint density at radius 3 is 2.57 bits per heavy atom. The lowest BCUT2D eigenvalue weighted by molar-refractivity contribution is 0.0939. The average molecular weight is 436 g/mol. The van der Waals surface area contributed by atoms with Crippen molar-refractivity contribution in [2.75, 3.05) is 18.0 Å². The molecule has 162 valence electrons. The highest BCUT2D eigenvalue weighted by Gasteiger charge is 2.24. The van der Waals surface area contributed by atoms with Gasteiger partial charge in [0, 0.05) is 29.9 Å². The van der Waals surface area contributed by atoms with Crippen LogP contribution in [0, 0.1) is 12.7 Å². The molecule has 0 saturated carbocycles. The van der Waals surface area contributed by atoms with Crippen LogP contribution in [0.25, 0.3) is 0 Å². The highest BCUT2D eigenvalue weighted by atomic mass is 32.2. The molecule has 2 aromatic rings. The number of halogens is 1. The average Bonchev–Trinajstić information content (AvgIpc) is 2.67. The number of carbonyl (C=O) groups is 1. The van der Waals surface area contributed by atoms with E-state index in [-0.39, 0.29) is 22.1 Å². The van der Waals surface area contributed by atoms with Gasteiger partial charge >= 0.3 is 0 Å². The second-order valence-corrected chi connectivity index (χ2v) is 9.12. The first-order chi connectivity index (χ1) is 14.1. The molecule has 1 heterocycles. The lowest BCUT2D eigenvalue weighted by atomic mass is 10.0. The van der Waals surface area contributed by atoms with Crippen LogP contribution in [-0.4, -0.2) is 38.6 Å². The molecule has 1 atom stereocenters. The van der Waals surface area contributed by atoms with E-state index in [1.54, 1.807) is 13.0 Å². The topological polar surface area (TPSA) is 113 Å². The van der Waals surface area contributed by atoms with Crippen LogP contribution in [0.1, 0.15) is 47.3 Å². The summed E-state index contributed by atoms with van der Waals surface area (Å²) < 4.78 is 37.5. The van der Waals surface area contributed by atoms with E-state index in [1.807, 2.05) is 0 Å². The molecule has 0 aromatic heterocycles. The van der Waals surface area contributed by atoms with Crippen molar-refractivity contribution >= 4 is 21.6 Å². The van der Waals surface area contributed by atoms with Crippen LogP contribution >= 0.6 is 0 Å². The molecule has 2 aromatic carbocycles. The van der Waals surface area contributed by atoms with E-state index in [4.69, 9.17) is 5.14 Å². The van der Waals surface area contributed by atoms with Crippen LogP contribution in [0.15, 0.2) is 41.3 Å². The lowest BCUT2D eigenvalue weighted by Gasteiger charge is -2.34. The minimum Gasteiger partial charge on any atom is -0.393 e. The number of aliphatic hydroxyl groups is 1. The summed E-state index contributed by atoms with van der Waals surface area (Å²) in [6.45, 7) is 4.53.